The van der Waals surface area contributed by atoms with Gasteiger partial charge in [-0.1, -0.05) is 0 Å². The Labute approximate surface area is 118 Å². The second-order valence-electron chi connectivity index (χ2n) is 5.91. The van der Waals surface area contributed by atoms with E-state index in [0.29, 0.717) is 37.1 Å². The molecule has 7 heteroatoms. The van der Waals surface area contributed by atoms with Crippen molar-refractivity contribution in [1.82, 2.24) is 16.0 Å². The van der Waals surface area contributed by atoms with Gasteiger partial charge in [-0.25, -0.2) is 0 Å². The van der Waals surface area contributed by atoms with Crippen molar-refractivity contribution in [2.24, 2.45) is 15.0 Å². The highest BCUT2D eigenvalue weighted by Crippen LogP contribution is 2.19. The van der Waals surface area contributed by atoms with Gasteiger partial charge in [0.15, 0.2) is 0 Å². The van der Waals surface area contributed by atoms with E-state index in [1.807, 2.05) is 20.8 Å². The summed E-state index contributed by atoms with van der Waals surface area (Å²) in [6, 6.07) is 0.654. The van der Waals surface area contributed by atoms with E-state index in [1.54, 1.807) is 0 Å². The molecule has 20 heavy (non-hydrogen) atoms. The molecule has 110 valence electrons. The summed E-state index contributed by atoms with van der Waals surface area (Å²) in [5.74, 6) is 1.60. The maximum Gasteiger partial charge on any atom is 0.236 e. The van der Waals surface area contributed by atoms with Crippen LogP contribution in [-0.4, -0.2) is 66.0 Å². The summed E-state index contributed by atoms with van der Waals surface area (Å²) in [4.78, 5) is 13.3. The third-order valence-electron chi connectivity index (χ3n) is 3.75. The third kappa shape index (κ3) is 2.06. The van der Waals surface area contributed by atoms with Crippen LogP contribution in [0.2, 0.25) is 0 Å². The van der Waals surface area contributed by atoms with Gasteiger partial charge in [0.2, 0.25) is 5.60 Å². The molecule has 0 saturated heterocycles. The van der Waals surface area contributed by atoms with E-state index >= 15 is 0 Å². The molecule has 3 aliphatic rings. The number of hydrogen-bond acceptors (Lipinski definition) is 7. The van der Waals surface area contributed by atoms with Crippen molar-refractivity contribution in [1.29, 1.82) is 0 Å². The molecule has 0 radical (unpaired) electrons. The number of aliphatic hydroxyl groups is 1. The normalized spacial score (nSPS) is 35.4. The van der Waals surface area contributed by atoms with Crippen LogP contribution in [-0.2, 0) is 0 Å². The summed E-state index contributed by atoms with van der Waals surface area (Å²) < 4.78 is 0. The minimum Gasteiger partial charge on any atom is -0.369 e. The van der Waals surface area contributed by atoms with Crippen LogP contribution >= 0.6 is 0 Å². The van der Waals surface area contributed by atoms with Gasteiger partial charge >= 0.3 is 0 Å². The number of rotatable bonds is 3. The summed E-state index contributed by atoms with van der Waals surface area (Å²) in [5.41, 5.74) is -1.40. The first-order valence-corrected chi connectivity index (χ1v) is 7.17. The third-order valence-corrected chi connectivity index (χ3v) is 3.75. The molecule has 4 N–H and O–H groups in total. The zero-order valence-electron chi connectivity index (χ0n) is 12.1. The average Bonchev–Trinajstić information content (AvgIpc) is 3.10. The van der Waals surface area contributed by atoms with E-state index < -0.39 is 5.60 Å². The first kappa shape index (κ1) is 13.4. The predicted molar refractivity (Wildman–Crippen MR) is 79.6 cm³/mol. The van der Waals surface area contributed by atoms with E-state index in [1.165, 1.54) is 0 Å². The summed E-state index contributed by atoms with van der Waals surface area (Å²) in [5, 5.41) is 21.0. The first-order valence-electron chi connectivity index (χ1n) is 7.17. The smallest absolute Gasteiger partial charge is 0.236 e. The van der Waals surface area contributed by atoms with E-state index in [0.717, 1.165) is 0 Å². The molecule has 0 aromatic heterocycles. The van der Waals surface area contributed by atoms with Crippen LogP contribution in [0.4, 0.5) is 0 Å². The van der Waals surface area contributed by atoms with Crippen molar-refractivity contribution in [2.75, 3.05) is 19.6 Å². The molecule has 7 nitrogen and oxygen atoms in total. The lowest BCUT2D eigenvalue weighted by Crippen LogP contribution is -2.64. The lowest BCUT2D eigenvalue weighted by Gasteiger charge is -2.30. The lowest BCUT2D eigenvalue weighted by molar-refractivity contribution is 0.240. The number of nitrogens with one attached hydrogen (secondary N) is 3. The Morgan fingerprint density at radius 3 is 1.30 bits per heavy atom. The fourth-order valence-corrected chi connectivity index (χ4v) is 2.65. The van der Waals surface area contributed by atoms with Gasteiger partial charge in [-0.3, -0.25) is 15.0 Å². The van der Waals surface area contributed by atoms with Crippen LogP contribution < -0.4 is 16.0 Å². The number of nitrogens with zero attached hydrogens (tertiary/aromatic N) is 3. The molecule has 0 saturated carbocycles. The number of hydrogen-bond donors (Lipinski definition) is 4. The van der Waals surface area contributed by atoms with Gasteiger partial charge in [-0.05, 0) is 20.8 Å². The van der Waals surface area contributed by atoms with Crippen LogP contribution in [0.5, 0.6) is 0 Å². The van der Waals surface area contributed by atoms with Gasteiger partial charge in [0, 0.05) is 18.1 Å². The van der Waals surface area contributed by atoms with Gasteiger partial charge in [0.25, 0.3) is 0 Å². The number of aliphatic imine (C=N–C) groups is 3. The van der Waals surface area contributed by atoms with Gasteiger partial charge in [-0.2, -0.15) is 0 Å². The van der Waals surface area contributed by atoms with Gasteiger partial charge in [0.05, 0.1) is 19.6 Å². The van der Waals surface area contributed by atoms with E-state index in [2.05, 4.69) is 30.9 Å². The van der Waals surface area contributed by atoms with Crippen LogP contribution in [0.25, 0.3) is 0 Å². The SMILES string of the molecule is CC1CN=C(C(O)(C2=NCC(C)N2)C2=NCC(C)N2)N1. The summed E-state index contributed by atoms with van der Waals surface area (Å²) in [6.45, 7) is 8.08. The maximum atomic E-state index is 11.3. The van der Waals surface area contributed by atoms with E-state index in [-0.39, 0.29) is 18.1 Å². The monoisotopic (exact) mass is 278 g/mol. The molecule has 0 spiro atoms. The van der Waals surface area contributed by atoms with Crippen molar-refractivity contribution in [3.05, 3.63) is 0 Å². The molecule has 3 rings (SSSR count). The largest absolute Gasteiger partial charge is 0.369 e. The summed E-state index contributed by atoms with van der Waals surface area (Å²) in [7, 11) is 0. The van der Waals surface area contributed by atoms with Crippen LogP contribution in [0.1, 0.15) is 20.8 Å². The quantitative estimate of drug-likeness (QED) is 0.526. The lowest BCUT2D eigenvalue weighted by atomic mass is 9.98. The summed E-state index contributed by atoms with van der Waals surface area (Å²) in [6.07, 6.45) is 0. The Bertz CT molecular complexity index is 428. The molecular formula is C13H22N6O. The van der Waals surface area contributed by atoms with Gasteiger partial charge in [0.1, 0.15) is 17.5 Å². The van der Waals surface area contributed by atoms with Crippen LogP contribution in [0.3, 0.4) is 0 Å². The number of amidine groups is 3. The highest BCUT2D eigenvalue weighted by atomic mass is 16.3. The topological polar surface area (TPSA) is 93.4 Å². The molecule has 0 aromatic rings. The van der Waals surface area contributed by atoms with Crippen molar-refractivity contribution >= 4 is 17.5 Å². The maximum absolute atomic E-state index is 11.3. The molecule has 0 bridgehead atoms. The first-order chi connectivity index (χ1) is 9.50. The average molecular weight is 278 g/mol. The summed E-state index contributed by atoms with van der Waals surface area (Å²) >= 11 is 0. The van der Waals surface area contributed by atoms with Crippen LogP contribution in [0, 0.1) is 0 Å². The predicted octanol–water partition coefficient (Wildman–Crippen LogP) is -1.11. The Balaban J connectivity index is 1.95. The molecule has 0 fully saturated rings. The Hall–Kier alpha value is -1.63. The Morgan fingerprint density at radius 1 is 0.800 bits per heavy atom. The molecule has 3 aliphatic heterocycles. The Kier molecular flexibility index (Phi) is 3.16. The Morgan fingerprint density at radius 2 is 1.10 bits per heavy atom. The van der Waals surface area contributed by atoms with Crippen molar-refractivity contribution in [3.8, 4) is 0 Å². The molecule has 3 heterocycles. The second kappa shape index (κ2) is 4.73. The zero-order chi connectivity index (χ0) is 14.3. The van der Waals surface area contributed by atoms with Gasteiger partial charge in [-0.15, -0.1) is 0 Å². The molecule has 0 aliphatic carbocycles. The van der Waals surface area contributed by atoms with Crippen molar-refractivity contribution in [3.63, 3.8) is 0 Å². The highest BCUT2D eigenvalue weighted by Gasteiger charge is 2.49. The van der Waals surface area contributed by atoms with Crippen molar-refractivity contribution in [2.45, 2.75) is 44.5 Å². The molecule has 0 amide bonds. The van der Waals surface area contributed by atoms with Gasteiger partial charge < -0.3 is 21.1 Å². The minimum atomic E-state index is -1.40. The zero-order valence-corrected chi connectivity index (χ0v) is 12.1. The molecule has 3 atom stereocenters. The minimum absolute atomic E-state index is 0.218. The molecule has 0 aromatic carbocycles. The molecule has 3 unspecified atom stereocenters. The second-order valence-corrected chi connectivity index (χ2v) is 5.91. The van der Waals surface area contributed by atoms with Crippen LogP contribution in [0.15, 0.2) is 15.0 Å². The van der Waals surface area contributed by atoms with E-state index in [9.17, 15) is 5.11 Å². The standard InChI is InChI=1S/C13H22N6O/c1-7-4-14-10(17-7)13(20,11-15-5-8(2)18-11)12-16-6-9(3)19-12/h7-9,20H,4-6H2,1-3H3,(H,14,17)(H,15,18)(H,16,19). The van der Waals surface area contributed by atoms with E-state index in [4.69, 9.17) is 0 Å². The van der Waals surface area contributed by atoms with Crippen molar-refractivity contribution < 1.29 is 5.11 Å². The highest BCUT2D eigenvalue weighted by molar-refractivity contribution is 6.31. The fourth-order valence-electron chi connectivity index (χ4n) is 2.65. The molecular weight excluding hydrogens is 256 g/mol. The fraction of sp³-hybridized carbons (Fsp3) is 0.769.